The molecule has 0 spiro atoms. The molecule has 3 heterocycles. The van der Waals surface area contributed by atoms with Crippen molar-refractivity contribution in [1.29, 1.82) is 0 Å². The van der Waals surface area contributed by atoms with E-state index in [9.17, 15) is 0 Å². The van der Waals surface area contributed by atoms with Gasteiger partial charge in [-0.15, -0.1) is 0 Å². The molecule has 33 heavy (non-hydrogen) atoms. The van der Waals surface area contributed by atoms with E-state index in [1.165, 1.54) is 12.8 Å². The maximum absolute atomic E-state index is 6.66. The van der Waals surface area contributed by atoms with Gasteiger partial charge in [-0.05, 0) is 68.6 Å². The maximum Gasteiger partial charge on any atom is 0.250 e. The van der Waals surface area contributed by atoms with Crippen molar-refractivity contribution < 1.29 is 4.74 Å². The highest BCUT2D eigenvalue weighted by Crippen LogP contribution is 2.30. The molecule has 0 unspecified atom stereocenters. The lowest BCUT2D eigenvalue weighted by Crippen LogP contribution is -2.37. The maximum atomic E-state index is 6.66. The first-order valence-electron chi connectivity index (χ1n) is 11.4. The Labute approximate surface area is 194 Å². The summed E-state index contributed by atoms with van der Waals surface area (Å²) in [7, 11) is 0. The number of pyridine rings is 1. The van der Waals surface area contributed by atoms with E-state index in [1.807, 2.05) is 48.5 Å². The van der Waals surface area contributed by atoms with E-state index < -0.39 is 0 Å². The number of likely N-dealkylation sites (tertiary alicyclic amines) is 1. The van der Waals surface area contributed by atoms with E-state index >= 15 is 0 Å². The fraction of sp³-hybridized carbons (Fsp3) is 0.250. The van der Waals surface area contributed by atoms with Gasteiger partial charge in [0.05, 0.1) is 0 Å². The van der Waals surface area contributed by atoms with Crippen LogP contribution in [-0.4, -0.2) is 39.0 Å². The summed E-state index contributed by atoms with van der Waals surface area (Å²) in [5.41, 5.74) is 3.78. The highest BCUT2D eigenvalue weighted by Gasteiger charge is 2.30. The van der Waals surface area contributed by atoms with Crippen LogP contribution in [0.3, 0.4) is 0 Å². The summed E-state index contributed by atoms with van der Waals surface area (Å²) in [6, 6.07) is 24.2. The summed E-state index contributed by atoms with van der Waals surface area (Å²) in [5, 5.41) is 0. The van der Waals surface area contributed by atoms with Crippen molar-refractivity contribution >= 4 is 11.2 Å². The van der Waals surface area contributed by atoms with Crippen LogP contribution in [0.5, 0.6) is 5.88 Å². The van der Waals surface area contributed by atoms with Crippen LogP contribution in [0.4, 0.5) is 0 Å². The molecular weight excluding hydrogens is 408 g/mol. The van der Waals surface area contributed by atoms with E-state index in [4.69, 9.17) is 14.7 Å². The first kappa shape index (κ1) is 21.1. The van der Waals surface area contributed by atoms with Gasteiger partial charge in [-0.2, -0.15) is 0 Å². The van der Waals surface area contributed by atoms with Gasteiger partial charge in [-0.25, -0.2) is 15.0 Å². The van der Waals surface area contributed by atoms with Crippen molar-refractivity contribution in [3.63, 3.8) is 0 Å². The minimum absolute atomic E-state index is 0.190. The molecule has 0 radical (unpaired) electrons. The van der Waals surface area contributed by atoms with E-state index in [1.54, 1.807) is 6.20 Å². The third kappa shape index (κ3) is 4.87. The Balaban J connectivity index is 1.56. The smallest absolute Gasteiger partial charge is 0.250 e. The molecule has 2 aromatic heterocycles. The lowest BCUT2D eigenvalue weighted by Gasteiger charge is -2.32. The average Bonchev–Trinajstić information content (AvgIpc) is 3.42. The number of fused-ring (bicyclic) bond motifs is 1. The molecule has 0 N–H and O–H groups in total. The number of aromatic nitrogens is 3. The third-order valence-electron chi connectivity index (χ3n) is 6.03. The molecule has 2 atom stereocenters. The minimum Gasteiger partial charge on any atom is -0.466 e. The third-order valence-corrected chi connectivity index (χ3v) is 6.03. The monoisotopic (exact) mass is 434 g/mol. The molecule has 0 bridgehead atoms. The number of nitrogens with zero attached hydrogens (tertiary/aromatic N) is 4. The molecular formula is C28H26N4O. The van der Waals surface area contributed by atoms with Crippen LogP contribution in [0.15, 0.2) is 79.0 Å². The predicted molar refractivity (Wildman–Crippen MR) is 130 cm³/mol. The van der Waals surface area contributed by atoms with Gasteiger partial charge in [0.1, 0.15) is 11.6 Å². The molecule has 1 saturated heterocycles. The lowest BCUT2D eigenvalue weighted by molar-refractivity contribution is 0.0869. The zero-order valence-corrected chi connectivity index (χ0v) is 18.7. The first-order chi connectivity index (χ1) is 16.3. The van der Waals surface area contributed by atoms with Crippen LogP contribution in [-0.2, 0) is 0 Å². The Kier molecular flexibility index (Phi) is 6.27. The average molecular weight is 435 g/mol. The summed E-state index contributed by atoms with van der Waals surface area (Å²) in [4.78, 5) is 16.4. The second-order valence-corrected chi connectivity index (χ2v) is 8.27. The van der Waals surface area contributed by atoms with Gasteiger partial charge >= 0.3 is 0 Å². The molecule has 1 aliphatic heterocycles. The molecule has 2 aromatic carbocycles. The van der Waals surface area contributed by atoms with Crippen molar-refractivity contribution in [1.82, 2.24) is 19.9 Å². The van der Waals surface area contributed by atoms with Crippen LogP contribution < -0.4 is 4.74 Å². The Morgan fingerprint density at radius 2 is 1.58 bits per heavy atom. The Hall–Kier alpha value is -3.75. The highest BCUT2D eigenvalue weighted by molar-refractivity contribution is 5.71. The number of hydrogen-bond acceptors (Lipinski definition) is 5. The van der Waals surface area contributed by atoms with Crippen molar-refractivity contribution in [2.24, 2.45) is 0 Å². The van der Waals surface area contributed by atoms with Crippen molar-refractivity contribution in [3.05, 3.63) is 95.8 Å². The normalized spacial score (nSPS) is 15.5. The van der Waals surface area contributed by atoms with E-state index in [0.717, 1.165) is 24.2 Å². The van der Waals surface area contributed by atoms with Gasteiger partial charge in [0, 0.05) is 17.8 Å². The van der Waals surface area contributed by atoms with Crippen LogP contribution >= 0.6 is 0 Å². The van der Waals surface area contributed by atoms with Gasteiger partial charge in [0.15, 0.2) is 11.3 Å². The largest absolute Gasteiger partial charge is 0.466 e. The molecule has 1 aliphatic rings. The van der Waals surface area contributed by atoms with E-state index in [2.05, 4.69) is 52.9 Å². The van der Waals surface area contributed by atoms with Gasteiger partial charge in [0.2, 0.25) is 5.88 Å². The van der Waals surface area contributed by atoms with Gasteiger partial charge < -0.3 is 4.74 Å². The van der Waals surface area contributed by atoms with Crippen LogP contribution in [0.1, 0.15) is 42.7 Å². The molecule has 164 valence electrons. The fourth-order valence-electron chi connectivity index (χ4n) is 4.24. The van der Waals surface area contributed by atoms with Crippen molar-refractivity contribution in [3.8, 4) is 17.7 Å². The number of rotatable bonds is 5. The van der Waals surface area contributed by atoms with Crippen molar-refractivity contribution in [2.45, 2.75) is 31.9 Å². The topological polar surface area (TPSA) is 51.1 Å². The van der Waals surface area contributed by atoms with Gasteiger partial charge in [-0.3, -0.25) is 4.90 Å². The summed E-state index contributed by atoms with van der Waals surface area (Å²) < 4.78 is 6.66. The summed E-state index contributed by atoms with van der Waals surface area (Å²) in [6.45, 7) is 4.40. The lowest BCUT2D eigenvalue weighted by atomic mass is 10.0. The van der Waals surface area contributed by atoms with Gasteiger partial charge in [-0.1, -0.05) is 54.5 Å². The van der Waals surface area contributed by atoms with Crippen LogP contribution in [0, 0.1) is 11.8 Å². The first-order valence-corrected chi connectivity index (χ1v) is 11.4. The Morgan fingerprint density at radius 3 is 2.33 bits per heavy atom. The second-order valence-electron chi connectivity index (χ2n) is 8.27. The molecule has 5 nitrogen and oxygen atoms in total. The van der Waals surface area contributed by atoms with Crippen LogP contribution in [0.2, 0.25) is 0 Å². The summed E-state index contributed by atoms with van der Waals surface area (Å²) in [6.07, 6.45) is 3.97. The minimum atomic E-state index is -0.190. The molecule has 0 aliphatic carbocycles. The van der Waals surface area contributed by atoms with Crippen LogP contribution in [0.25, 0.3) is 11.2 Å². The predicted octanol–water partition coefficient (Wildman–Crippen LogP) is 5.03. The standard InChI is InChI=1S/C28H26N4O/c1-21(32-19-8-9-20-32)26(23-13-6-3-7-14-23)33-28-25(17-16-22-11-4-2-5-12-22)30-27-24(31-28)15-10-18-29-27/h2-7,10-15,18,21,26H,8-9,19-20H2,1H3/t21-,26-/m0/s1. The number of hydrogen-bond donors (Lipinski definition) is 0. The van der Waals surface area contributed by atoms with E-state index in [-0.39, 0.29) is 12.1 Å². The Morgan fingerprint density at radius 1 is 0.848 bits per heavy atom. The SMILES string of the molecule is C[C@@H]([C@H](Oc1nc2cccnc2nc1C#Cc1ccccc1)c1ccccc1)N1CCCC1. The quantitative estimate of drug-likeness (QED) is 0.413. The zero-order valence-electron chi connectivity index (χ0n) is 18.7. The Bertz CT molecular complexity index is 1280. The molecule has 4 aromatic rings. The van der Waals surface area contributed by atoms with E-state index in [0.29, 0.717) is 22.7 Å². The zero-order chi connectivity index (χ0) is 22.5. The molecule has 0 amide bonds. The molecule has 0 saturated carbocycles. The molecule has 5 rings (SSSR count). The molecule has 1 fully saturated rings. The molecule has 5 heteroatoms. The van der Waals surface area contributed by atoms with Crippen molar-refractivity contribution in [2.75, 3.05) is 13.1 Å². The number of benzene rings is 2. The fourth-order valence-corrected chi connectivity index (χ4v) is 4.24. The summed E-state index contributed by atoms with van der Waals surface area (Å²) >= 11 is 0. The highest BCUT2D eigenvalue weighted by atomic mass is 16.5. The second kappa shape index (κ2) is 9.81. The van der Waals surface area contributed by atoms with Gasteiger partial charge in [0.25, 0.3) is 0 Å². The number of ether oxygens (including phenoxy) is 1. The summed E-state index contributed by atoms with van der Waals surface area (Å²) in [5.74, 6) is 6.82.